The van der Waals surface area contributed by atoms with Gasteiger partial charge in [0.25, 0.3) is 0 Å². The Hall–Kier alpha value is -1.32. The number of hydrogen-bond donors (Lipinski definition) is 1. The SMILES string of the molecule is CCCc1nc(N)c(C)c(-c2cccc(Cl)c2Cl)n1. The van der Waals surface area contributed by atoms with Gasteiger partial charge in [0.05, 0.1) is 15.7 Å². The lowest BCUT2D eigenvalue weighted by atomic mass is 10.1. The molecule has 1 aromatic heterocycles. The maximum atomic E-state index is 6.25. The lowest BCUT2D eigenvalue weighted by Crippen LogP contribution is -2.05. The minimum absolute atomic E-state index is 0.490. The lowest BCUT2D eigenvalue weighted by molar-refractivity contribution is 0.836. The molecule has 0 saturated heterocycles. The molecule has 100 valence electrons. The van der Waals surface area contributed by atoms with Crippen LogP contribution in [-0.2, 0) is 6.42 Å². The number of nitrogen functional groups attached to an aromatic ring is 1. The fourth-order valence-electron chi connectivity index (χ4n) is 1.87. The summed E-state index contributed by atoms with van der Waals surface area (Å²) in [6.07, 6.45) is 1.75. The van der Waals surface area contributed by atoms with Gasteiger partial charge >= 0.3 is 0 Å². The van der Waals surface area contributed by atoms with Crippen molar-refractivity contribution >= 4 is 29.0 Å². The zero-order chi connectivity index (χ0) is 14.0. The smallest absolute Gasteiger partial charge is 0.131 e. The highest BCUT2D eigenvalue weighted by atomic mass is 35.5. The average Bonchev–Trinajstić information content (AvgIpc) is 2.37. The van der Waals surface area contributed by atoms with E-state index in [1.165, 1.54) is 0 Å². The Balaban J connectivity index is 2.64. The van der Waals surface area contributed by atoms with Crippen LogP contribution in [0.25, 0.3) is 11.3 Å². The predicted octanol–water partition coefficient (Wildman–Crippen LogP) is 4.29. The molecule has 0 aliphatic carbocycles. The van der Waals surface area contributed by atoms with Crippen LogP contribution in [0.3, 0.4) is 0 Å². The molecule has 2 N–H and O–H groups in total. The third kappa shape index (κ3) is 2.82. The zero-order valence-corrected chi connectivity index (χ0v) is 12.4. The fraction of sp³-hybridized carbons (Fsp3) is 0.286. The molecule has 0 radical (unpaired) electrons. The number of halogens is 2. The fourth-order valence-corrected chi connectivity index (χ4v) is 2.26. The van der Waals surface area contributed by atoms with Gasteiger partial charge in [-0.2, -0.15) is 0 Å². The van der Waals surface area contributed by atoms with Gasteiger partial charge < -0.3 is 5.73 Å². The van der Waals surface area contributed by atoms with Crippen molar-refractivity contribution in [2.45, 2.75) is 26.7 Å². The highest BCUT2D eigenvalue weighted by molar-refractivity contribution is 6.43. The maximum Gasteiger partial charge on any atom is 0.131 e. The van der Waals surface area contributed by atoms with Crippen LogP contribution < -0.4 is 5.73 Å². The first-order chi connectivity index (χ1) is 9.04. The van der Waals surface area contributed by atoms with Crippen molar-refractivity contribution in [3.63, 3.8) is 0 Å². The monoisotopic (exact) mass is 295 g/mol. The highest BCUT2D eigenvalue weighted by Crippen LogP contribution is 2.35. The average molecular weight is 296 g/mol. The number of hydrogen-bond acceptors (Lipinski definition) is 3. The van der Waals surface area contributed by atoms with E-state index in [1.54, 1.807) is 6.07 Å². The molecule has 19 heavy (non-hydrogen) atoms. The summed E-state index contributed by atoms with van der Waals surface area (Å²) in [5.74, 6) is 1.22. The zero-order valence-electron chi connectivity index (χ0n) is 10.9. The van der Waals surface area contributed by atoms with Gasteiger partial charge in [0, 0.05) is 17.5 Å². The summed E-state index contributed by atoms with van der Waals surface area (Å²) in [5, 5.41) is 1.00. The molecule has 0 saturated carbocycles. The molecule has 0 atom stereocenters. The van der Waals surface area contributed by atoms with Crippen LogP contribution in [0.2, 0.25) is 10.0 Å². The van der Waals surface area contributed by atoms with Crippen LogP contribution in [0.4, 0.5) is 5.82 Å². The van der Waals surface area contributed by atoms with E-state index < -0.39 is 0 Å². The van der Waals surface area contributed by atoms with Crippen molar-refractivity contribution in [1.29, 1.82) is 0 Å². The minimum atomic E-state index is 0.490. The summed E-state index contributed by atoms with van der Waals surface area (Å²) < 4.78 is 0. The van der Waals surface area contributed by atoms with Crippen LogP contribution in [0, 0.1) is 6.92 Å². The Labute approximate surface area is 122 Å². The van der Waals surface area contributed by atoms with Crippen molar-refractivity contribution in [1.82, 2.24) is 9.97 Å². The van der Waals surface area contributed by atoms with Gasteiger partial charge in [0.1, 0.15) is 11.6 Å². The normalized spacial score (nSPS) is 10.7. The Bertz CT molecular complexity index is 612. The molecule has 0 spiro atoms. The second-order valence-electron chi connectivity index (χ2n) is 4.35. The molecule has 1 aromatic carbocycles. The van der Waals surface area contributed by atoms with Gasteiger partial charge in [-0.15, -0.1) is 0 Å². The van der Waals surface area contributed by atoms with Crippen LogP contribution in [0.1, 0.15) is 24.7 Å². The summed E-state index contributed by atoms with van der Waals surface area (Å²) in [6, 6.07) is 5.49. The topological polar surface area (TPSA) is 51.8 Å². The van der Waals surface area contributed by atoms with E-state index >= 15 is 0 Å². The van der Waals surface area contributed by atoms with Gasteiger partial charge in [-0.25, -0.2) is 9.97 Å². The van der Waals surface area contributed by atoms with E-state index in [9.17, 15) is 0 Å². The molecule has 0 aliphatic rings. The van der Waals surface area contributed by atoms with Gasteiger partial charge in [-0.05, 0) is 19.4 Å². The van der Waals surface area contributed by atoms with E-state index in [4.69, 9.17) is 28.9 Å². The Kier molecular flexibility index (Phi) is 4.27. The standard InChI is InChI=1S/C14H15Cl2N3/c1-3-5-11-18-13(8(2)14(17)19-11)9-6-4-7-10(15)12(9)16/h4,6-7H,3,5H2,1-2H3,(H2,17,18,19). The number of benzene rings is 1. The molecular weight excluding hydrogens is 281 g/mol. The second-order valence-corrected chi connectivity index (χ2v) is 5.14. The Morgan fingerprint density at radius 1 is 1.21 bits per heavy atom. The number of anilines is 1. The maximum absolute atomic E-state index is 6.25. The largest absolute Gasteiger partial charge is 0.383 e. The van der Waals surface area contributed by atoms with Crippen molar-refractivity contribution in [2.75, 3.05) is 5.73 Å². The Morgan fingerprint density at radius 3 is 2.63 bits per heavy atom. The van der Waals surface area contributed by atoms with Gasteiger partial charge in [-0.1, -0.05) is 42.3 Å². The third-order valence-corrected chi connectivity index (χ3v) is 3.73. The third-order valence-electron chi connectivity index (χ3n) is 2.91. The number of aromatic nitrogens is 2. The quantitative estimate of drug-likeness (QED) is 0.919. The highest BCUT2D eigenvalue weighted by Gasteiger charge is 2.14. The summed E-state index contributed by atoms with van der Waals surface area (Å²) in [6.45, 7) is 3.96. The van der Waals surface area contributed by atoms with Crippen LogP contribution >= 0.6 is 23.2 Å². The van der Waals surface area contributed by atoms with Crippen LogP contribution in [0.5, 0.6) is 0 Å². The molecule has 1 heterocycles. The number of rotatable bonds is 3. The predicted molar refractivity (Wildman–Crippen MR) is 80.6 cm³/mol. The van der Waals surface area contributed by atoms with E-state index in [-0.39, 0.29) is 0 Å². The molecule has 5 heteroatoms. The molecule has 3 nitrogen and oxygen atoms in total. The summed E-state index contributed by atoms with van der Waals surface area (Å²) >= 11 is 12.3. The molecule has 0 aliphatic heterocycles. The summed E-state index contributed by atoms with van der Waals surface area (Å²) in [7, 11) is 0. The van der Waals surface area contributed by atoms with E-state index in [0.717, 1.165) is 35.5 Å². The molecule has 0 fully saturated rings. The van der Waals surface area contributed by atoms with Gasteiger partial charge in [0.15, 0.2) is 0 Å². The van der Waals surface area contributed by atoms with Gasteiger partial charge in [0.2, 0.25) is 0 Å². The number of nitrogens with zero attached hydrogens (tertiary/aromatic N) is 2. The first kappa shape index (κ1) is 14.1. The second kappa shape index (κ2) is 5.76. The molecule has 0 unspecified atom stereocenters. The van der Waals surface area contributed by atoms with Crippen molar-refractivity contribution in [3.8, 4) is 11.3 Å². The Morgan fingerprint density at radius 2 is 1.95 bits per heavy atom. The van der Waals surface area contributed by atoms with Crippen molar-refractivity contribution < 1.29 is 0 Å². The minimum Gasteiger partial charge on any atom is -0.383 e. The number of nitrogens with two attached hydrogens (primary N) is 1. The molecular formula is C14H15Cl2N3. The first-order valence-electron chi connectivity index (χ1n) is 6.12. The molecule has 0 bridgehead atoms. The van der Waals surface area contributed by atoms with E-state index in [1.807, 2.05) is 19.1 Å². The van der Waals surface area contributed by atoms with Gasteiger partial charge in [-0.3, -0.25) is 0 Å². The molecule has 2 rings (SSSR count). The van der Waals surface area contributed by atoms with Crippen molar-refractivity contribution in [3.05, 3.63) is 39.6 Å². The molecule has 2 aromatic rings. The van der Waals surface area contributed by atoms with E-state index in [2.05, 4.69) is 16.9 Å². The summed E-state index contributed by atoms with van der Waals surface area (Å²) in [5.41, 5.74) is 8.32. The van der Waals surface area contributed by atoms with Crippen LogP contribution in [-0.4, -0.2) is 9.97 Å². The summed E-state index contributed by atoms with van der Waals surface area (Å²) in [4.78, 5) is 8.85. The lowest BCUT2D eigenvalue weighted by Gasteiger charge is -2.11. The molecule has 0 amide bonds. The van der Waals surface area contributed by atoms with Crippen LogP contribution in [0.15, 0.2) is 18.2 Å². The van der Waals surface area contributed by atoms with Crippen molar-refractivity contribution in [2.24, 2.45) is 0 Å². The number of aryl methyl sites for hydroxylation is 1. The van der Waals surface area contributed by atoms with E-state index in [0.29, 0.717) is 15.9 Å². The first-order valence-corrected chi connectivity index (χ1v) is 6.87.